The molecule has 0 aliphatic heterocycles. The standard InChI is InChI=1S/C12H16N2O3/c1-2-10(12(16)17)14-7-8-4-3-5-9(6-8)11(13)15/h3-6,10,14H,2,7H2,1H3,(H2,13,15)(H,16,17). The van der Waals surface area contributed by atoms with Crippen LogP contribution in [0.2, 0.25) is 0 Å². The van der Waals surface area contributed by atoms with Crippen molar-refractivity contribution in [2.45, 2.75) is 25.9 Å². The Hall–Kier alpha value is -1.88. The molecule has 1 unspecified atom stereocenters. The van der Waals surface area contributed by atoms with Crippen molar-refractivity contribution in [3.63, 3.8) is 0 Å². The van der Waals surface area contributed by atoms with Gasteiger partial charge in [-0.25, -0.2) is 0 Å². The topological polar surface area (TPSA) is 92.4 Å². The van der Waals surface area contributed by atoms with Crippen LogP contribution in [0.1, 0.15) is 29.3 Å². The first-order chi connectivity index (χ1) is 8.04. The molecular weight excluding hydrogens is 220 g/mol. The molecule has 0 radical (unpaired) electrons. The highest BCUT2D eigenvalue weighted by atomic mass is 16.4. The lowest BCUT2D eigenvalue weighted by Crippen LogP contribution is -2.35. The summed E-state index contributed by atoms with van der Waals surface area (Å²) in [6.45, 7) is 2.19. The summed E-state index contributed by atoms with van der Waals surface area (Å²) in [5, 5.41) is 11.8. The molecule has 1 atom stereocenters. The summed E-state index contributed by atoms with van der Waals surface area (Å²) in [5.41, 5.74) is 6.42. The summed E-state index contributed by atoms with van der Waals surface area (Å²) < 4.78 is 0. The highest BCUT2D eigenvalue weighted by Gasteiger charge is 2.13. The van der Waals surface area contributed by atoms with Crippen molar-refractivity contribution in [1.29, 1.82) is 0 Å². The minimum Gasteiger partial charge on any atom is -0.480 e. The van der Waals surface area contributed by atoms with E-state index in [0.717, 1.165) is 5.56 Å². The van der Waals surface area contributed by atoms with Gasteiger partial charge < -0.3 is 16.2 Å². The summed E-state index contributed by atoms with van der Waals surface area (Å²) >= 11 is 0. The number of benzene rings is 1. The van der Waals surface area contributed by atoms with E-state index in [-0.39, 0.29) is 0 Å². The van der Waals surface area contributed by atoms with Gasteiger partial charge in [0.2, 0.25) is 5.91 Å². The number of aliphatic carboxylic acids is 1. The lowest BCUT2D eigenvalue weighted by molar-refractivity contribution is -0.139. The van der Waals surface area contributed by atoms with Gasteiger partial charge in [-0.05, 0) is 24.1 Å². The van der Waals surface area contributed by atoms with Gasteiger partial charge in [-0.3, -0.25) is 9.59 Å². The first-order valence-electron chi connectivity index (χ1n) is 5.39. The molecule has 0 bridgehead atoms. The summed E-state index contributed by atoms with van der Waals surface area (Å²) in [7, 11) is 0. The number of carbonyl (C=O) groups excluding carboxylic acids is 1. The minimum atomic E-state index is -0.876. The number of nitrogens with two attached hydrogens (primary N) is 1. The van der Waals surface area contributed by atoms with Gasteiger partial charge in [0.25, 0.3) is 0 Å². The Morgan fingerprint density at radius 2 is 2.18 bits per heavy atom. The number of rotatable bonds is 6. The molecule has 0 aliphatic rings. The van der Waals surface area contributed by atoms with Crippen molar-refractivity contribution >= 4 is 11.9 Å². The van der Waals surface area contributed by atoms with Gasteiger partial charge in [-0.15, -0.1) is 0 Å². The summed E-state index contributed by atoms with van der Waals surface area (Å²) in [5.74, 6) is -1.37. The van der Waals surface area contributed by atoms with E-state index in [1.807, 2.05) is 6.07 Å². The highest BCUT2D eigenvalue weighted by molar-refractivity contribution is 5.92. The maximum absolute atomic E-state index is 11.0. The van der Waals surface area contributed by atoms with Crippen LogP contribution in [0, 0.1) is 0 Å². The molecule has 1 amide bonds. The monoisotopic (exact) mass is 236 g/mol. The third-order valence-electron chi connectivity index (χ3n) is 2.47. The predicted molar refractivity (Wildman–Crippen MR) is 63.5 cm³/mol. The molecule has 0 saturated heterocycles. The average molecular weight is 236 g/mol. The van der Waals surface area contributed by atoms with Crippen molar-refractivity contribution in [2.75, 3.05) is 0 Å². The number of carboxylic acid groups (broad SMARTS) is 1. The van der Waals surface area contributed by atoms with Crippen LogP contribution in [0.5, 0.6) is 0 Å². The second-order valence-electron chi connectivity index (χ2n) is 3.74. The van der Waals surface area contributed by atoms with Gasteiger partial charge >= 0.3 is 5.97 Å². The van der Waals surface area contributed by atoms with E-state index in [0.29, 0.717) is 18.5 Å². The van der Waals surface area contributed by atoms with Gasteiger partial charge in [-0.1, -0.05) is 19.1 Å². The van der Waals surface area contributed by atoms with Gasteiger partial charge in [0.1, 0.15) is 6.04 Å². The maximum atomic E-state index is 11.0. The summed E-state index contributed by atoms with van der Waals surface area (Å²) in [6.07, 6.45) is 0.505. The smallest absolute Gasteiger partial charge is 0.320 e. The van der Waals surface area contributed by atoms with E-state index in [2.05, 4.69) is 5.32 Å². The fourth-order valence-electron chi connectivity index (χ4n) is 1.48. The third kappa shape index (κ3) is 3.88. The number of nitrogens with one attached hydrogen (secondary N) is 1. The molecule has 1 aromatic carbocycles. The molecule has 0 saturated carbocycles. The molecule has 92 valence electrons. The molecule has 0 heterocycles. The van der Waals surface area contributed by atoms with Crippen LogP contribution in [-0.2, 0) is 11.3 Å². The highest BCUT2D eigenvalue weighted by Crippen LogP contribution is 2.05. The fourth-order valence-corrected chi connectivity index (χ4v) is 1.48. The quantitative estimate of drug-likeness (QED) is 0.679. The summed E-state index contributed by atoms with van der Waals surface area (Å²) in [4.78, 5) is 21.8. The second-order valence-corrected chi connectivity index (χ2v) is 3.74. The number of primary amides is 1. The largest absolute Gasteiger partial charge is 0.480 e. The van der Waals surface area contributed by atoms with Crippen molar-refractivity contribution in [3.05, 3.63) is 35.4 Å². The number of amides is 1. The van der Waals surface area contributed by atoms with E-state index in [1.165, 1.54) is 0 Å². The zero-order valence-corrected chi connectivity index (χ0v) is 9.64. The molecule has 0 fully saturated rings. The number of hydrogen-bond acceptors (Lipinski definition) is 3. The molecule has 5 heteroatoms. The lowest BCUT2D eigenvalue weighted by atomic mass is 10.1. The first kappa shape index (κ1) is 13.2. The molecule has 4 N–H and O–H groups in total. The van der Waals surface area contributed by atoms with Gasteiger partial charge in [0.15, 0.2) is 0 Å². The van der Waals surface area contributed by atoms with Crippen LogP contribution in [0.3, 0.4) is 0 Å². The Kier molecular flexibility index (Phi) is 4.66. The van der Waals surface area contributed by atoms with Gasteiger partial charge in [0.05, 0.1) is 0 Å². The molecule has 0 spiro atoms. The van der Waals surface area contributed by atoms with Crippen LogP contribution in [0.25, 0.3) is 0 Å². The van der Waals surface area contributed by atoms with Crippen LogP contribution < -0.4 is 11.1 Å². The molecule has 17 heavy (non-hydrogen) atoms. The van der Waals surface area contributed by atoms with Crippen molar-refractivity contribution in [1.82, 2.24) is 5.32 Å². The predicted octanol–water partition coefficient (Wildman–Crippen LogP) is 0.738. The Balaban J connectivity index is 2.66. The van der Waals surface area contributed by atoms with E-state index in [1.54, 1.807) is 25.1 Å². The van der Waals surface area contributed by atoms with Crippen molar-refractivity contribution in [3.8, 4) is 0 Å². The Morgan fingerprint density at radius 1 is 1.47 bits per heavy atom. The third-order valence-corrected chi connectivity index (χ3v) is 2.47. The zero-order valence-electron chi connectivity index (χ0n) is 9.64. The molecule has 0 aliphatic carbocycles. The van der Waals surface area contributed by atoms with Crippen LogP contribution >= 0.6 is 0 Å². The maximum Gasteiger partial charge on any atom is 0.320 e. The normalized spacial score (nSPS) is 12.1. The number of carbonyl (C=O) groups is 2. The molecule has 5 nitrogen and oxygen atoms in total. The second kappa shape index (κ2) is 6.00. The summed E-state index contributed by atoms with van der Waals surface area (Å²) in [6, 6.07) is 6.24. The Bertz CT molecular complexity index is 418. The molecule has 0 aromatic heterocycles. The van der Waals surface area contributed by atoms with Crippen LogP contribution in [0.4, 0.5) is 0 Å². The average Bonchev–Trinajstić information content (AvgIpc) is 2.29. The number of carboxylic acids is 1. The zero-order chi connectivity index (χ0) is 12.8. The van der Waals surface area contributed by atoms with Gasteiger partial charge in [0, 0.05) is 12.1 Å². The van der Waals surface area contributed by atoms with Gasteiger partial charge in [-0.2, -0.15) is 0 Å². The van der Waals surface area contributed by atoms with E-state index >= 15 is 0 Å². The van der Waals surface area contributed by atoms with E-state index in [9.17, 15) is 9.59 Å². The van der Waals surface area contributed by atoms with Crippen LogP contribution in [0.15, 0.2) is 24.3 Å². The molecule has 1 rings (SSSR count). The Labute approximate surface area is 99.6 Å². The number of hydrogen-bond donors (Lipinski definition) is 3. The van der Waals surface area contributed by atoms with Crippen molar-refractivity contribution in [2.24, 2.45) is 5.73 Å². The van der Waals surface area contributed by atoms with Crippen LogP contribution in [-0.4, -0.2) is 23.0 Å². The fraction of sp³-hybridized carbons (Fsp3) is 0.333. The molecule has 1 aromatic rings. The SMILES string of the molecule is CCC(NCc1cccc(C(N)=O)c1)C(=O)O. The lowest BCUT2D eigenvalue weighted by Gasteiger charge is -2.12. The first-order valence-corrected chi connectivity index (χ1v) is 5.39. The van der Waals surface area contributed by atoms with E-state index < -0.39 is 17.9 Å². The Morgan fingerprint density at radius 3 is 2.71 bits per heavy atom. The minimum absolute atomic E-state index is 0.395. The molecular formula is C12H16N2O3. The van der Waals surface area contributed by atoms with E-state index in [4.69, 9.17) is 10.8 Å². The van der Waals surface area contributed by atoms with Crippen molar-refractivity contribution < 1.29 is 14.7 Å².